The zero-order valence-electron chi connectivity index (χ0n) is 13.8. The quantitative estimate of drug-likeness (QED) is 0.803. The van der Waals surface area contributed by atoms with Crippen molar-refractivity contribution in [2.75, 3.05) is 26.2 Å². The topological polar surface area (TPSA) is 55.8 Å². The van der Waals surface area contributed by atoms with Crippen LogP contribution in [0, 0.1) is 0 Å². The number of carbonyl (C=O) groups is 1. The number of urea groups is 1. The van der Waals surface area contributed by atoms with Crippen LogP contribution < -0.4 is 5.32 Å². The van der Waals surface area contributed by atoms with Crippen LogP contribution in [0.5, 0.6) is 0 Å². The number of hydrogen-bond donors (Lipinski definition) is 2. The Balaban J connectivity index is 1.45. The molecule has 2 amide bonds. The van der Waals surface area contributed by atoms with E-state index in [4.69, 9.17) is 0 Å². The van der Waals surface area contributed by atoms with E-state index in [0.29, 0.717) is 6.04 Å². The molecule has 0 unspecified atom stereocenters. The lowest BCUT2D eigenvalue weighted by Gasteiger charge is -2.39. The lowest BCUT2D eigenvalue weighted by atomic mass is 9.91. The van der Waals surface area contributed by atoms with Gasteiger partial charge >= 0.3 is 12.2 Å². The Morgan fingerprint density at radius 3 is 2.29 bits per heavy atom. The average Bonchev–Trinajstić information content (AvgIpc) is 3.17. The van der Waals surface area contributed by atoms with Crippen molar-refractivity contribution in [1.82, 2.24) is 15.1 Å². The van der Waals surface area contributed by atoms with Crippen LogP contribution in [0.4, 0.5) is 18.0 Å². The average molecular weight is 349 g/mol. The van der Waals surface area contributed by atoms with E-state index in [1.54, 1.807) is 0 Å². The van der Waals surface area contributed by atoms with Crippen LogP contribution in [0.1, 0.15) is 44.9 Å². The van der Waals surface area contributed by atoms with Crippen LogP contribution in [-0.2, 0) is 0 Å². The highest BCUT2D eigenvalue weighted by atomic mass is 19.4. The summed E-state index contributed by atoms with van der Waals surface area (Å²) in [6.07, 6.45) is 0.338. The zero-order chi connectivity index (χ0) is 17.4. The Hall–Kier alpha value is -1.02. The Kier molecular flexibility index (Phi) is 4.97. The summed E-state index contributed by atoms with van der Waals surface area (Å²) < 4.78 is 38.4. The van der Waals surface area contributed by atoms with Crippen LogP contribution in [0.15, 0.2) is 0 Å². The first-order valence-electron chi connectivity index (χ1n) is 8.87. The third kappa shape index (κ3) is 3.64. The molecule has 5 nitrogen and oxygen atoms in total. The van der Waals surface area contributed by atoms with Crippen molar-refractivity contribution in [2.45, 2.75) is 68.8 Å². The monoisotopic (exact) mass is 349 g/mol. The third-order valence-electron chi connectivity index (χ3n) is 5.79. The van der Waals surface area contributed by atoms with Crippen molar-refractivity contribution in [3.63, 3.8) is 0 Å². The minimum atomic E-state index is -4.64. The molecule has 8 heteroatoms. The van der Waals surface area contributed by atoms with E-state index in [2.05, 4.69) is 10.2 Å². The predicted molar refractivity (Wildman–Crippen MR) is 82.6 cm³/mol. The van der Waals surface area contributed by atoms with Crippen molar-refractivity contribution < 1.29 is 23.1 Å². The molecule has 2 N–H and O–H groups in total. The fourth-order valence-electron chi connectivity index (χ4n) is 4.14. The minimum absolute atomic E-state index is 0.0685. The second-order valence-corrected chi connectivity index (χ2v) is 7.38. The molecule has 24 heavy (non-hydrogen) atoms. The summed E-state index contributed by atoms with van der Waals surface area (Å²) in [5.41, 5.74) is -2.66. The number of piperidine rings is 1. The van der Waals surface area contributed by atoms with Crippen LogP contribution in [0.2, 0.25) is 0 Å². The van der Waals surface area contributed by atoms with Gasteiger partial charge in [0.15, 0.2) is 5.60 Å². The first-order valence-corrected chi connectivity index (χ1v) is 8.87. The normalized spacial score (nSPS) is 29.2. The number of aliphatic hydroxyl groups is 1. The summed E-state index contributed by atoms with van der Waals surface area (Å²) in [5.74, 6) is 0. The fourth-order valence-corrected chi connectivity index (χ4v) is 4.14. The molecule has 3 fully saturated rings. The van der Waals surface area contributed by atoms with Gasteiger partial charge in [0.05, 0.1) is 0 Å². The number of carbonyl (C=O) groups excluding carboxylic acids is 1. The van der Waals surface area contributed by atoms with Gasteiger partial charge in [-0.2, -0.15) is 13.2 Å². The highest BCUT2D eigenvalue weighted by molar-refractivity contribution is 5.74. The largest absolute Gasteiger partial charge is 0.417 e. The van der Waals surface area contributed by atoms with Gasteiger partial charge in [0.2, 0.25) is 0 Å². The fraction of sp³-hybridized carbons (Fsp3) is 0.938. The van der Waals surface area contributed by atoms with Gasteiger partial charge in [-0.3, -0.25) is 4.90 Å². The number of hydrogen-bond acceptors (Lipinski definition) is 3. The van der Waals surface area contributed by atoms with E-state index in [9.17, 15) is 23.1 Å². The van der Waals surface area contributed by atoms with Gasteiger partial charge in [-0.15, -0.1) is 0 Å². The standard InChI is InChI=1S/C16H26F3N3O2/c17-16(18,19)15(24)6-9-21(10-7-15)14(23)20-12-5-8-22(11-12)13-3-1-2-4-13/h12-13,24H,1-11H2,(H,20,23)/t12-/m0/s1. The number of rotatable bonds is 2. The Morgan fingerprint density at radius 2 is 1.71 bits per heavy atom. The maximum atomic E-state index is 12.8. The van der Waals surface area contributed by atoms with Gasteiger partial charge in [0, 0.05) is 51.1 Å². The first-order chi connectivity index (χ1) is 11.3. The number of nitrogens with zero attached hydrogens (tertiary/aromatic N) is 2. The summed E-state index contributed by atoms with van der Waals surface area (Å²) in [5, 5.41) is 12.6. The number of likely N-dealkylation sites (tertiary alicyclic amines) is 2. The van der Waals surface area contributed by atoms with Crippen molar-refractivity contribution >= 4 is 6.03 Å². The molecule has 1 saturated carbocycles. The summed E-state index contributed by atoms with van der Waals surface area (Å²) in [7, 11) is 0. The zero-order valence-corrected chi connectivity index (χ0v) is 13.8. The molecule has 2 aliphatic heterocycles. The van der Waals surface area contributed by atoms with E-state index in [-0.39, 0.29) is 25.2 Å². The van der Waals surface area contributed by atoms with Gasteiger partial charge in [-0.05, 0) is 19.3 Å². The number of amides is 2. The highest BCUT2D eigenvalue weighted by Crippen LogP contribution is 2.38. The second kappa shape index (κ2) is 6.71. The maximum Gasteiger partial charge on any atom is 0.417 e. The predicted octanol–water partition coefficient (Wildman–Crippen LogP) is 2.10. The molecule has 0 aromatic heterocycles. The van der Waals surface area contributed by atoms with Crippen molar-refractivity contribution in [3.05, 3.63) is 0 Å². The van der Waals surface area contributed by atoms with Crippen molar-refractivity contribution in [3.8, 4) is 0 Å². The summed E-state index contributed by atoms with van der Waals surface area (Å²) in [6.45, 7) is 1.67. The SMILES string of the molecule is O=C(N[C@H]1CCN(C2CCCC2)C1)N1CCC(O)(C(F)(F)F)CC1. The van der Waals surface area contributed by atoms with Crippen LogP contribution in [-0.4, -0.2) is 71.0 Å². The second-order valence-electron chi connectivity index (χ2n) is 7.38. The van der Waals surface area contributed by atoms with Crippen molar-refractivity contribution in [2.24, 2.45) is 0 Å². The Labute approximate surface area is 140 Å². The van der Waals surface area contributed by atoms with Crippen molar-refractivity contribution in [1.29, 1.82) is 0 Å². The molecule has 2 heterocycles. The number of halogens is 3. The summed E-state index contributed by atoms with van der Waals surface area (Å²) >= 11 is 0. The van der Waals surface area contributed by atoms with Gasteiger partial charge in [0.25, 0.3) is 0 Å². The van der Waals surface area contributed by atoms with Crippen LogP contribution >= 0.6 is 0 Å². The molecule has 1 aliphatic carbocycles. The summed E-state index contributed by atoms with van der Waals surface area (Å²) in [4.78, 5) is 16.1. The molecular formula is C16H26F3N3O2. The number of alkyl halides is 3. The van der Waals surface area contributed by atoms with E-state index in [1.807, 2.05) is 0 Å². The first kappa shape index (κ1) is 17.8. The smallest absolute Gasteiger partial charge is 0.380 e. The van der Waals surface area contributed by atoms with Gasteiger partial charge in [0.1, 0.15) is 0 Å². The van der Waals surface area contributed by atoms with E-state index in [0.717, 1.165) is 19.5 Å². The van der Waals surface area contributed by atoms with E-state index in [1.165, 1.54) is 30.6 Å². The van der Waals surface area contributed by atoms with Crippen LogP contribution in [0.25, 0.3) is 0 Å². The van der Waals surface area contributed by atoms with E-state index >= 15 is 0 Å². The molecule has 3 aliphatic rings. The maximum absolute atomic E-state index is 12.8. The Morgan fingerprint density at radius 1 is 1.08 bits per heavy atom. The molecule has 3 rings (SSSR count). The molecule has 0 aromatic rings. The third-order valence-corrected chi connectivity index (χ3v) is 5.79. The van der Waals surface area contributed by atoms with Crippen LogP contribution in [0.3, 0.4) is 0 Å². The minimum Gasteiger partial charge on any atom is -0.380 e. The highest BCUT2D eigenvalue weighted by Gasteiger charge is 2.55. The number of nitrogens with one attached hydrogen (secondary N) is 1. The summed E-state index contributed by atoms with van der Waals surface area (Å²) in [6, 6.07) is 0.391. The van der Waals surface area contributed by atoms with Gasteiger partial charge in [-0.1, -0.05) is 12.8 Å². The lowest BCUT2D eigenvalue weighted by Crippen LogP contribution is -2.56. The molecule has 1 atom stereocenters. The van der Waals surface area contributed by atoms with Gasteiger partial charge in [-0.25, -0.2) is 4.79 Å². The molecule has 0 bridgehead atoms. The molecule has 2 saturated heterocycles. The molecule has 0 radical (unpaired) electrons. The Bertz CT molecular complexity index is 458. The lowest BCUT2D eigenvalue weighted by molar-refractivity contribution is -0.271. The van der Waals surface area contributed by atoms with Gasteiger partial charge < -0.3 is 15.3 Å². The van der Waals surface area contributed by atoms with E-state index < -0.39 is 24.6 Å². The molecule has 138 valence electrons. The molecular weight excluding hydrogens is 323 g/mol. The molecule has 0 aromatic carbocycles. The molecule has 0 spiro atoms.